The fraction of sp³-hybridized carbons (Fsp3) is 0.273. The number of pyridine rings is 1. The minimum absolute atomic E-state index is 0.183. The molecule has 0 aliphatic carbocycles. The number of anilines is 1. The summed E-state index contributed by atoms with van der Waals surface area (Å²) in [4.78, 5) is 28.2. The predicted molar refractivity (Wildman–Crippen MR) is 111 cm³/mol. The van der Waals surface area contributed by atoms with Gasteiger partial charge in [0, 0.05) is 31.0 Å². The molecule has 6 nitrogen and oxygen atoms in total. The molecular weight excluding hydrogens is 350 g/mol. The van der Waals surface area contributed by atoms with Crippen molar-refractivity contribution in [2.75, 3.05) is 11.9 Å². The van der Waals surface area contributed by atoms with Crippen LogP contribution in [0.5, 0.6) is 0 Å². The molecule has 0 aliphatic rings. The van der Waals surface area contributed by atoms with Gasteiger partial charge in [0.05, 0.1) is 12.2 Å². The third kappa shape index (κ3) is 4.52. The third-order valence-electron chi connectivity index (χ3n) is 4.55. The highest BCUT2D eigenvalue weighted by molar-refractivity contribution is 5.98. The van der Waals surface area contributed by atoms with Gasteiger partial charge in [-0.15, -0.1) is 0 Å². The molecule has 144 valence electrons. The summed E-state index contributed by atoms with van der Waals surface area (Å²) in [5, 5.41) is 2.91. The maximum Gasteiger partial charge on any atom is 0.256 e. The second-order valence-corrected chi connectivity index (χ2v) is 7.01. The molecule has 28 heavy (non-hydrogen) atoms. The Hall–Kier alpha value is -3.28. The van der Waals surface area contributed by atoms with Crippen LogP contribution in [0, 0.1) is 6.92 Å². The first-order valence-corrected chi connectivity index (χ1v) is 9.30. The van der Waals surface area contributed by atoms with E-state index in [0.29, 0.717) is 23.8 Å². The average Bonchev–Trinajstić information content (AvgIpc) is 2.71. The van der Waals surface area contributed by atoms with Crippen LogP contribution in [0.3, 0.4) is 0 Å². The fourth-order valence-electron chi connectivity index (χ4n) is 2.74. The molecular formula is C22H25N5O. The Morgan fingerprint density at radius 2 is 1.96 bits per heavy atom. The van der Waals surface area contributed by atoms with Crippen LogP contribution in [0.25, 0.3) is 11.4 Å². The van der Waals surface area contributed by atoms with Gasteiger partial charge in [0.25, 0.3) is 5.91 Å². The van der Waals surface area contributed by atoms with Crippen LogP contribution < -0.4 is 10.2 Å². The number of hydrogen-bond acceptors (Lipinski definition) is 5. The second kappa shape index (κ2) is 8.61. The van der Waals surface area contributed by atoms with Gasteiger partial charge in [-0.05, 0) is 39.0 Å². The van der Waals surface area contributed by atoms with E-state index in [2.05, 4.69) is 29.1 Å². The predicted octanol–water partition coefficient (Wildman–Crippen LogP) is 3.62. The number of aromatic nitrogens is 3. The minimum Gasteiger partial charge on any atom is -0.356 e. The molecule has 0 fully saturated rings. The van der Waals surface area contributed by atoms with Crippen LogP contribution in [0.2, 0.25) is 0 Å². The molecule has 6 heteroatoms. The van der Waals surface area contributed by atoms with Gasteiger partial charge in [-0.2, -0.15) is 0 Å². The number of hydrogen-bond donors (Lipinski definition) is 1. The van der Waals surface area contributed by atoms with Gasteiger partial charge < -0.3 is 10.2 Å². The Bertz CT molecular complexity index is 956. The van der Waals surface area contributed by atoms with E-state index in [9.17, 15) is 4.79 Å². The summed E-state index contributed by atoms with van der Waals surface area (Å²) >= 11 is 0. The maximum absolute atomic E-state index is 12.8. The Morgan fingerprint density at radius 3 is 2.64 bits per heavy atom. The summed E-state index contributed by atoms with van der Waals surface area (Å²) in [5.41, 5.74) is 3.31. The Kier molecular flexibility index (Phi) is 5.99. The maximum atomic E-state index is 12.8. The van der Waals surface area contributed by atoms with E-state index in [4.69, 9.17) is 4.98 Å². The quantitative estimate of drug-likeness (QED) is 0.712. The number of benzene rings is 1. The standard InChI is InChI=1S/C22H25N5O/c1-15(2)27(4)21-19(22(28)25-13-18-10-5-6-11-23-18)14-24-20(26-21)17-9-7-8-16(3)12-17/h5-12,14-15H,13H2,1-4H3,(H,25,28). The van der Waals surface area contributed by atoms with Crippen LogP contribution in [0.4, 0.5) is 5.82 Å². The van der Waals surface area contributed by atoms with E-state index in [1.54, 1.807) is 12.4 Å². The number of carbonyl (C=O) groups is 1. The van der Waals surface area contributed by atoms with Crippen LogP contribution in [0.15, 0.2) is 54.9 Å². The van der Waals surface area contributed by atoms with Gasteiger partial charge in [-0.3, -0.25) is 9.78 Å². The molecule has 0 saturated heterocycles. The number of amides is 1. The summed E-state index contributed by atoms with van der Waals surface area (Å²) in [7, 11) is 1.93. The molecule has 0 spiro atoms. The summed E-state index contributed by atoms with van der Waals surface area (Å²) in [5.74, 6) is 0.997. The van der Waals surface area contributed by atoms with E-state index in [1.165, 1.54) is 0 Å². The SMILES string of the molecule is Cc1cccc(-c2ncc(C(=O)NCc3ccccn3)c(N(C)C(C)C)n2)c1. The molecule has 0 radical (unpaired) electrons. The Labute approximate surface area is 165 Å². The number of nitrogens with one attached hydrogen (secondary N) is 1. The monoisotopic (exact) mass is 375 g/mol. The molecule has 0 unspecified atom stereocenters. The van der Waals surface area contributed by atoms with Crippen molar-refractivity contribution in [3.63, 3.8) is 0 Å². The summed E-state index contributed by atoms with van der Waals surface area (Å²) in [6.07, 6.45) is 3.31. The highest BCUT2D eigenvalue weighted by atomic mass is 16.1. The zero-order valence-corrected chi connectivity index (χ0v) is 16.7. The van der Waals surface area contributed by atoms with E-state index in [1.807, 2.05) is 61.3 Å². The fourth-order valence-corrected chi connectivity index (χ4v) is 2.74. The average molecular weight is 375 g/mol. The van der Waals surface area contributed by atoms with Crippen LogP contribution in [-0.2, 0) is 6.54 Å². The molecule has 3 rings (SSSR count). The van der Waals surface area contributed by atoms with Gasteiger partial charge in [-0.1, -0.05) is 29.8 Å². The van der Waals surface area contributed by atoms with Crippen molar-refractivity contribution in [1.29, 1.82) is 0 Å². The molecule has 1 aromatic carbocycles. The number of nitrogens with zero attached hydrogens (tertiary/aromatic N) is 4. The first-order chi connectivity index (χ1) is 13.5. The van der Waals surface area contributed by atoms with Gasteiger partial charge in [-0.25, -0.2) is 9.97 Å². The van der Waals surface area contributed by atoms with Crippen molar-refractivity contribution >= 4 is 11.7 Å². The first-order valence-electron chi connectivity index (χ1n) is 9.30. The van der Waals surface area contributed by atoms with Gasteiger partial charge in [0.2, 0.25) is 0 Å². The molecule has 0 bridgehead atoms. The molecule has 2 heterocycles. The minimum atomic E-state index is -0.219. The van der Waals surface area contributed by atoms with Crippen molar-refractivity contribution in [3.05, 3.63) is 71.7 Å². The second-order valence-electron chi connectivity index (χ2n) is 7.01. The highest BCUT2D eigenvalue weighted by Gasteiger charge is 2.20. The lowest BCUT2D eigenvalue weighted by molar-refractivity contribution is 0.0950. The van der Waals surface area contributed by atoms with Crippen molar-refractivity contribution in [1.82, 2.24) is 20.3 Å². The lowest BCUT2D eigenvalue weighted by atomic mass is 10.1. The normalized spacial score (nSPS) is 10.8. The van der Waals surface area contributed by atoms with E-state index >= 15 is 0 Å². The highest BCUT2D eigenvalue weighted by Crippen LogP contribution is 2.23. The van der Waals surface area contributed by atoms with Gasteiger partial charge in [0.1, 0.15) is 11.4 Å². The molecule has 0 atom stereocenters. The molecule has 2 aromatic heterocycles. The lowest BCUT2D eigenvalue weighted by Crippen LogP contribution is -2.31. The lowest BCUT2D eigenvalue weighted by Gasteiger charge is -2.25. The van der Waals surface area contributed by atoms with Crippen LogP contribution >= 0.6 is 0 Å². The number of carbonyl (C=O) groups excluding carboxylic acids is 1. The van der Waals surface area contributed by atoms with E-state index < -0.39 is 0 Å². The van der Waals surface area contributed by atoms with Crippen LogP contribution in [0.1, 0.15) is 35.5 Å². The molecule has 0 aliphatic heterocycles. The van der Waals surface area contributed by atoms with E-state index in [-0.39, 0.29) is 11.9 Å². The topological polar surface area (TPSA) is 71.0 Å². The van der Waals surface area contributed by atoms with Gasteiger partial charge >= 0.3 is 0 Å². The number of aryl methyl sites for hydroxylation is 1. The smallest absolute Gasteiger partial charge is 0.256 e. The third-order valence-corrected chi connectivity index (χ3v) is 4.55. The first kappa shape index (κ1) is 19.5. The largest absolute Gasteiger partial charge is 0.356 e. The number of rotatable bonds is 6. The molecule has 1 N–H and O–H groups in total. The summed E-state index contributed by atoms with van der Waals surface area (Å²) in [6.45, 7) is 6.50. The molecule has 3 aromatic rings. The zero-order chi connectivity index (χ0) is 20.1. The van der Waals surface area contributed by atoms with Crippen molar-refractivity contribution in [3.8, 4) is 11.4 Å². The molecule has 1 amide bonds. The Morgan fingerprint density at radius 1 is 1.14 bits per heavy atom. The van der Waals surface area contributed by atoms with Crippen molar-refractivity contribution in [2.45, 2.75) is 33.4 Å². The Balaban J connectivity index is 1.92. The summed E-state index contributed by atoms with van der Waals surface area (Å²) in [6, 6.07) is 13.8. The van der Waals surface area contributed by atoms with Crippen molar-refractivity contribution < 1.29 is 4.79 Å². The zero-order valence-electron chi connectivity index (χ0n) is 16.7. The summed E-state index contributed by atoms with van der Waals surface area (Å²) < 4.78 is 0. The molecule has 0 saturated carbocycles. The van der Waals surface area contributed by atoms with Crippen LogP contribution in [-0.4, -0.2) is 33.9 Å². The van der Waals surface area contributed by atoms with Crippen molar-refractivity contribution in [2.24, 2.45) is 0 Å². The van der Waals surface area contributed by atoms with E-state index in [0.717, 1.165) is 16.8 Å². The van der Waals surface area contributed by atoms with Gasteiger partial charge in [0.15, 0.2) is 5.82 Å².